The molecule has 0 amide bonds. The van der Waals surface area contributed by atoms with Crippen molar-refractivity contribution in [1.29, 1.82) is 0 Å². The molecule has 2 aromatic carbocycles. The first-order valence-electron chi connectivity index (χ1n) is 6.73. The Hall–Kier alpha value is -2.54. The first-order valence-corrected chi connectivity index (χ1v) is 7.11. The molecule has 0 fully saturated rings. The van der Waals surface area contributed by atoms with Crippen LogP contribution in [0.1, 0.15) is 11.1 Å². The molecule has 0 saturated heterocycles. The smallest absolute Gasteiger partial charge is 0.416 e. The lowest BCUT2D eigenvalue weighted by atomic mass is 10.0. The third kappa shape index (κ3) is 3.07. The number of carboxylic acids is 1. The van der Waals surface area contributed by atoms with Crippen LogP contribution in [0.5, 0.6) is 0 Å². The fourth-order valence-electron chi connectivity index (χ4n) is 2.39. The predicted octanol–water partition coefficient (Wildman–Crippen LogP) is 4.79. The normalized spacial score (nSPS) is 11.8. The average molecular weight is 356 g/mol. The maximum absolute atomic E-state index is 13.1. The van der Waals surface area contributed by atoms with E-state index in [2.05, 4.69) is 5.16 Å². The molecule has 8 heteroatoms. The standard InChI is InChI=1S/C16H9ClF3NO3/c17-11-3-1-8(2-4-11)15-12-7-10(16(18,19)20)5-9(6-13(22)23)14(12)21-24-15/h1-5,7H,6H2,(H,22,23). The van der Waals surface area contributed by atoms with Gasteiger partial charge < -0.3 is 9.63 Å². The van der Waals surface area contributed by atoms with Gasteiger partial charge in [-0.3, -0.25) is 4.79 Å². The van der Waals surface area contributed by atoms with Crippen LogP contribution in [-0.2, 0) is 17.4 Å². The quantitative estimate of drug-likeness (QED) is 0.733. The van der Waals surface area contributed by atoms with Gasteiger partial charge in [-0.15, -0.1) is 0 Å². The summed E-state index contributed by atoms with van der Waals surface area (Å²) in [7, 11) is 0. The van der Waals surface area contributed by atoms with E-state index in [1.165, 1.54) is 0 Å². The van der Waals surface area contributed by atoms with E-state index in [0.717, 1.165) is 12.1 Å². The molecule has 0 atom stereocenters. The zero-order chi connectivity index (χ0) is 17.5. The number of carboxylic acid groups (broad SMARTS) is 1. The highest BCUT2D eigenvalue weighted by atomic mass is 35.5. The van der Waals surface area contributed by atoms with Gasteiger partial charge in [-0.2, -0.15) is 13.2 Å². The molecule has 0 radical (unpaired) electrons. The number of fused-ring (bicyclic) bond motifs is 1. The second kappa shape index (κ2) is 5.83. The fraction of sp³-hybridized carbons (Fsp3) is 0.125. The molecular formula is C16H9ClF3NO3. The van der Waals surface area contributed by atoms with Crippen molar-refractivity contribution < 1.29 is 27.6 Å². The molecule has 0 unspecified atom stereocenters. The fourth-order valence-corrected chi connectivity index (χ4v) is 2.51. The molecule has 124 valence electrons. The van der Waals surface area contributed by atoms with Gasteiger partial charge in [0, 0.05) is 10.6 Å². The molecule has 0 spiro atoms. The number of hydrogen-bond donors (Lipinski definition) is 1. The third-order valence-corrected chi connectivity index (χ3v) is 3.69. The number of rotatable bonds is 3. The van der Waals surface area contributed by atoms with Crippen LogP contribution in [0.2, 0.25) is 5.02 Å². The predicted molar refractivity (Wildman–Crippen MR) is 80.8 cm³/mol. The Morgan fingerprint density at radius 2 is 1.88 bits per heavy atom. The van der Waals surface area contributed by atoms with Crippen molar-refractivity contribution in [3.63, 3.8) is 0 Å². The number of alkyl halides is 3. The second-order valence-electron chi connectivity index (χ2n) is 5.12. The molecule has 4 nitrogen and oxygen atoms in total. The van der Waals surface area contributed by atoms with E-state index >= 15 is 0 Å². The average Bonchev–Trinajstić information content (AvgIpc) is 2.91. The van der Waals surface area contributed by atoms with Gasteiger partial charge in [-0.1, -0.05) is 16.8 Å². The minimum atomic E-state index is -4.62. The third-order valence-electron chi connectivity index (χ3n) is 3.44. The number of aromatic nitrogens is 1. The number of hydrogen-bond acceptors (Lipinski definition) is 3. The van der Waals surface area contributed by atoms with Crippen LogP contribution in [-0.4, -0.2) is 16.2 Å². The molecule has 1 N–H and O–H groups in total. The van der Waals surface area contributed by atoms with E-state index < -0.39 is 24.1 Å². The van der Waals surface area contributed by atoms with Crippen molar-refractivity contribution in [2.75, 3.05) is 0 Å². The number of nitrogens with zero attached hydrogens (tertiary/aromatic N) is 1. The van der Waals surface area contributed by atoms with Gasteiger partial charge in [-0.25, -0.2) is 0 Å². The molecule has 0 aliphatic carbocycles. The van der Waals surface area contributed by atoms with Crippen molar-refractivity contribution in [2.24, 2.45) is 0 Å². The highest BCUT2D eigenvalue weighted by molar-refractivity contribution is 6.30. The van der Waals surface area contributed by atoms with Crippen LogP contribution >= 0.6 is 11.6 Å². The number of benzene rings is 2. The molecule has 3 rings (SSSR count). The summed E-state index contributed by atoms with van der Waals surface area (Å²) in [4.78, 5) is 10.9. The Morgan fingerprint density at radius 1 is 1.21 bits per heavy atom. The molecule has 0 aliphatic rings. The maximum Gasteiger partial charge on any atom is 0.416 e. The Kier molecular flexibility index (Phi) is 3.96. The maximum atomic E-state index is 13.1. The minimum Gasteiger partial charge on any atom is -0.481 e. The lowest BCUT2D eigenvalue weighted by Gasteiger charge is -2.09. The summed E-state index contributed by atoms with van der Waals surface area (Å²) in [5, 5.41) is 13.2. The zero-order valence-corrected chi connectivity index (χ0v) is 12.6. The largest absolute Gasteiger partial charge is 0.481 e. The Bertz CT molecular complexity index is 917. The van der Waals surface area contributed by atoms with Crippen molar-refractivity contribution >= 4 is 28.5 Å². The number of aliphatic carboxylic acids is 1. The van der Waals surface area contributed by atoms with Crippen molar-refractivity contribution in [2.45, 2.75) is 12.6 Å². The zero-order valence-electron chi connectivity index (χ0n) is 11.9. The van der Waals surface area contributed by atoms with Crippen LogP contribution in [0.15, 0.2) is 40.9 Å². The van der Waals surface area contributed by atoms with Gasteiger partial charge in [0.25, 0.3) is 0 Å². The van der Waals surface area contributed by atoms with Crippen LogP contribution in [0, 0.1) is 0 Å². The van der Waals surface area contributed by atoms with Crippen LogP contribution in [0.25, 0.3) is 22.2 Å². The van der Waals surface area contributed by atoms with Gasteiger partial charge in [0.1, 0.15) is 5.52 Å². The summed E-state index contributed by atoms with van der Waals surface area (Å²) in [6.07, 6.45) is -5.21. The molecule has 0 saturated carbocycles. The molecule has 0 aliphatic heterocycles. The number of carbonyl (C=O) groups is 1. The number of halogens is 4. The van der Waals surface area contributed by atoms with Gasteiger partial charge >= 0.3 is 12.1 Å². The van der Waals surface area contributed by atoms with Crippen molar-refractivity contribution in [3.8, 4) is 11.3 Å². The Balaban J connectivity index is 2.26. The summed E-state index contributed by atoms with van der Waals surface area (Å²) >= 11 is 5.80. The summed E-state index contributed by atoms with van der Waals surface area (Å²) in [5.41, 5.74) is -0.432. The SMILES string of the molecule is O=C(O)Cc1cc(C(F)(F)F)cc2c(-c3ccc(Cl)cc3)onc12. The van der Waals surface area contributed by atoms with Crippen molar-refractivity contribution in [3.05, 3.63) is 52.5 Å². The van der Waals surface area contributed by atoms with Gasteiger partial charge in [0.05, 0.1) is 17.4 Å². The molecule has 0 bridgehead atoms. The van der Waals surface area contributed by atoms with E-state index in [0.29, 0.717) is 10.6 Å². The monoisotopic (exact) mass is 355 g/mol. The van der Waals surface area contributed by atoms with E-state index in [-0.39, 0.29) is 22.2 Å². The summed E-state index contributed by atoms with van der Waals surface area (Å²) in [6.45, 7) is 0. The lowest BCUT2D eigenvalue weighted by Crippen LogP contribution is -2.08. The summed E-state index contributed by atoms with van der Waals surface area (Å²) in [6, 6.07) is 7.98. The first kappa shape index (κ1) is 16.3. The molecule has 3 aromatic rings. The Labute approximate surface area is 138 Å². The van der Waals surface area contributed by atoms with E-state index in [4.69, 9.17) is 21.2 Å². The van der Waals surface area contributed by atoms with E-state index in [1.54, 1.807) is 24.3 Å². The first-order chi connectivity index (χ1) is 11.3. The van der Waals surface area contributed by atoms with E-state index in [9.17, 15) is 18.0 Å². The molecular weight excluding hydrogens is 347 g/mol. The minimum absolute atomic E-state index is 0.0590. The summed E-state index contributed by atoms with van der Waals surface area (Å²) < 4.78 is 44.5. The van der Waals surface area contributed by atoms with Crippen molar-refractivity contribution in [1.82, 2.24) is 5.16 Å². The highest BCUT2D eigenvalue weighted by Gasteiger charge is 2.32. The van der Waals surface area contributed by atoms with Crippen LogP contribution in [0.4, 0.5) is 13.2 Å². The van der Waals surface area contributed by atoms with Crippen LogP contribution in [0.3, 0.4) is 0 Å². The van der Waals surface area contributed by atoms with Gasteiger partial charge in [-0.05, 0) is 42.0 Å². The van der Waals surface area contributed by atoms with Gasteiger partial charge in [0.15, 0.2) is 5.76 Å². The Morgan fingerprint density at radius 3 is 2.46 bits per heavy atom. The lowest BCUT2D eigenvalue weighted by molar-refractivity contribution is -0.138. The summed E-state index contributed by atoms with van der Waals surface area (Å²) in [5.74, 6) is -1.13. The van der Waals surface area contributed by atoms with E-state index in [1.807, 2.05) is 0 Å². The van der Waals surface area contributed by atoms with Crippen LogP contribution < -0.4 is 0 Å². The van der Waals surface area contributed by atoms with Gasteiger partial charge in [0.2, 0.25) is 0 Å². The molecule has 1 aromatic heterocycles. The topological polar surface area (TPSA) is 63.3 Å². The molecule has 1 heterocycles. The molecule has 24 heavy (non-hydrogen) atoms. The highest BCUT2D eigenvalue weighted by Crippen LogP contribution is 2.37. The second-order valence-corrected chi connectivity index (χ2v) is 5.55.